The predicted octanol–water partition coefficient (Wildman–Crippen LogP) is 1.93. The van der Waals surface area contributed by atoms with E-state index in [-0.39, 0.29) is 0 Å². The molecule has 0 unspecified atom stereocenters. The van der Waals surface area contributed by atoms with E-state index < -0.39 is 0 Å². The van der Waals surface area contributed by atoms with Crippen LogP contribution in [0, 0.1) is 5.92 Å². The van der Waals surface area contributed by atoms with Crippen LogP contribution in [0.3, 0.4) is 0 Å². The molecule has 3 heteroatoms. The normalized spacial score (nSPS) is 32.0. The molecule has 0 spiro atoms. The van der Waals surface area contributed by atoms with E-state index in [1.54, 1.807) is 0 Å². The molecule has 0 aromatic heterocycles. The smallest absolute Gasteiger partial charge is 0.0337 e. The van der Waals surface area contributed by atoms with Gasteiger partial charge in [-0.3, -0.25) is 9.80 Å². The first-order chi connectivity index (χ1) is 9.72. The van der Waals surface area contributed by atoms with Crippen LogP contribution in [0.1, 0.15) is 25.3 Å². The van der Waals surface area contributed by atoms with Crippen molar-refractivity contribution < 1.29 is 0 Å². The lowest BCUT2D eigenvalue weighted by Gasteiger charge is -2.55. The number of benzene rings is 1. The highest BCUT2D eigenvalue weighted by Crippen LogP contribution is 2.41. The van der Waals surface area contributed by atoms with Crippen molar-refractivity contribution in [2.24, 2.45) is 11.7 Å². The van der Waals surface area contributed by atoms with Crippen LogP contribution < -0.4 is 5.73 Å². The fourth-order valence-electron chi connectivity index (χ4n) is 4.01. The van der Waals surface area contributed by atoms with Crippen molar-refractivity contribution in [3.63, 3.8) is 0 Å². The van der Waals surface area contributed by atoms with Crippen molar-refractivity contribution in [3.8, 4) is 0 Å². The van der Waals surface area contributed by atoms with Gasteiger partial charge >= 0.3 is 0 Å². The Bertz CT molecular complexity index is 417. The van der Waals surface area contributed by atoms with Gasteiger partial charge in [-0.1, -0.05) is 37.3 Å². The SMILES string of the molecule is CC1CC(CN)(N2CCN(Cc3ccccc3)CC2)C1. The first-order valence-corrected chi connectivity index (χ1v) is 7.93. The molecule has 0 bridgehead atoms. The van der Waals surface area contributed by atoms with Gasteiger partial charge in [-0.25, -0.2) is 0 Å². The molecule has 3 nitrogen and oxygen atoms in total. The third-order valence-corrected chi connectivity index (χ3v) is 5.13. The first-order valence-electron chi connectivity index (χ1n) is 7.93. The molecule has 3 rings (SSSR count). The topological polar surface area (TPSA) is 32.5 Å². The first kappa shape index (κ1) is 14.1. The summed E-state index contributed by atoms with van der Waals surface area (Å²) in [7, 11) is 0. The fourth-order valence-corrected chi connectivity index (χ4v) is 4.01. The predicted molar refractivity (Wildman–Crippen MR) is 83.5 cm³/mol. The van der Waals surface area contributed by atoms with Crippen molar-refractivity contribution in [2.45, 2.75) is 31.8 Å². The van der Waals surface area contributed by atoms with Crippen molar-refractivity contribution >= 4 is 0 Å². The van der Waals surface area contributed by atoms with E-state index in [1.807, 2.05) is 0 Å². The number of hydrogen-bond donors (Lipinski definition) is 1. The van der Waals surface area contributed by atoms with E-state index in [0.29, 0.717) is 5.54 Å². The summed E-state index contributed by atoms with van der Waals surface area (Å²) >= 11 is 0. The Morgan fingerprint density at radius 1 is 1.10 bits per heavy atom. The fraction of sp³-hybridized carbons (Fsp3) is 0.647. The Labute approximate surface area is 122 Å². The van der Waals surface area contributed by atoms with Gasteiger partial charge in [0.15, 0.2) is 0 Å². The van der Waals surface area contributed by atoms with Gasteiger partial charge in [-0.2, -0.15) is 0 Å². The summed E-state index contributed by atoms with van der Waals surface area (Å²) < 4.78 is 0. The third kappa shape index (κ3) is 2.76. The summed E-state index contributed by atoms with van der Waals surface area (Å²) in [6.45, 7) is 8.96. The zero-order valence-corrected chi connectivity index (χ0v) is 12.6. The molecule has 1 aliphatic heterocycles. The molecule has 1 aromatic carbocycles. The highest BCUT2D eigenvalue weighted by atomic mass is 15.3. The quantitative estimate of drug-likeness (QED) is 0.910. The monoisotopic (exact) mass is 273 g/mol. The van der Waals surface area contributed by atoms with E-state index in [1.165, 1.54) is 44.6 Å². The van der Waals surface area contributed by atoms with Gasteiger partial charge in [0.25, 0.3) is 0 Å². The molecule has 20 heavy (non-hydrogen) atoms. The van der Waals surface area contributed by atoms with E-state index >= 15 is 0 Å². The lowest BCUT2D eigenvalue weighted by atomic mass is 9.68. The van der Waals surface area contributed by atoms with Gasteiger partial charge in [0.1, 0.15) is 0 Å². The summed E-state index contributed by atoms with van der Waals surface area (Å²) in [5.41, 5.74) is 7.82. The molecular weight excluding hydrogens is 246 g/mol. The van der Waals surface area contributed by atoms with Gasteiger partial charge in [-0.15, -0.1) is 0 Å². The molecule has 2 N–H and O–H groups in total. The zero-order chi connectivity index (χ0) is 14.0. The summed E-state index contributed by atoms with van der Waals surface area (Å²) in [6, 6.07) is 10.8. The van der Waals surface area contributed by atoms with Crippen molar-refractivity contribution in [3.05, 3.63) is 35.9 Å². The molecule has 0 amide bonds. The number of rotatable bonds is 4. The maximum atomic E-state index is 6.06. The van der Waals surface area contributed by atoms with E-state index in [4.69, 9.17) is 5.73 Å². The van der Waals surface area contributed by atoms with E-state index in [9.17, 15) is 0 Å². The molecule has 0 radical (unpaired) electrons. The van der Waals surface area contributed by atoms with Crippen LogP contribution in [-0.4, -0.2) is 48.1 Å². The highest BCUT2D eigenvalue weighted by Gasteiger charge is 2.46. The molecule has 1 saturated heterocycles. The second-order valence-electron chi connectivity index (χ2n) is 6.69. The lowest BCUT2D eigenvalue weighted by Crippen LogP contribution is -2.65. The average molecular weight is 273 g/mol. The lowest BCUT2D eigenvalue weighted by molar-refractivity contribution is -0.0408. The molecule has 2 aliphatic rings. The van der Waals surface area contributed by atoms with Crippen LogP contribution >= 0.6 is 0 Å². The standard InChI is InChI=1S/C17H27N3/c1-15-11-17(12-15,14-18)20-9-7-19(8-10-20)13-16-5-3-2-4-6-16/h2-6,15H,7-14,18H2,1H3. The Morgan fingerprint density at radius 2 is 1.75 bits per heavy atom. The maximum absolute atomic E-state index is 6.06. The Hall–Kier alpha value is -0.900. The highest BCUT2D eigenvalue weighted by molar-refractivity contribution is 5.14. The maximum Gasteiger partial charge on any atom is 0.0337 e. The zero-order valence-electron chi connectivity index (χ0n) is 12.6. The van der Waals surface area contributed by atoms with E-state index in [2.05, 4.69) is 47.1 Å². The molecule has 2 fully saturated rings. The average Bonchev–Trinajstić information content (AvgIpc) is 2.46. The summed E-state index contributed by atoms with van der Waals surface area (Å²) in [5.74, 6) is 0.862. The Morgan fingerprint density at radius 3 is 2.30 bits per heavy atom. The van der Waals surface area contributed by atoms with Gasteiger partial charge in [0.2, 0.25) is 0 Å². The van der Waals surface area contributed by atoms with Gasteiger partial charge < -0.3 is 5.73 Å². The van der Waals surface area contributed by atoms with Gasteiger partial charge in [0, 0.05) is 44.8 Å². The van der Waals surface area contributed by atoms with Crippen LogP contribution in [0.15, 0.2) is 30.3 Å². The summed E-state index contributed by atoms with van der Waals surface area (Å²) in [5, 5.41) is 0. The molecule has 0 atom stereocenters. The number of piperazine rings is 1. The molecular formula is C17H27N3. The largest absolute Gasteiger partial charge is 0.329 e. The van der Waals surface area contributed by atoms with Crippen LogP contribution in [0.5, 0.6) is 0 Å². The number of nitrogens with zero attached hydrogens (tertiary/aromatic N) is 2. The minimum absolute atomic E-state index is 0.332. The van der Waals surface area contributed by atoms with E-state index in [0.717, 1.165) is 19.0 Å². The van der Waals surface area contributed by atoms with Crippen molar-refractivity contribution in [1.82, 2.24) is 9.80 Å². The van der Waals surface area contributed by atoms with Gasteiger partial charge in [-0.05, 0) is 24.3 Å². The van der Waals surface area contributed by atoms with Crippen LogP contribution in [0.25, 0.3) is 0 Å². The molecule has 1 heterocycles. The summed E-state index contributed by atoms with van der Waals surface area (Å²) in [6.07, 6.45) is 2.59. The number of nitrogens with two attached hydrogens (primary N) is 1. The van der Waals surface area contributed by atoms with Crippen molar-refractivity contribution in [2.75, 3.05) is 32.7 Å². The third-order valence-electron chi connectivity index (χ3n) is 5.13. The molecule has 110 valence electrons. The molecule has 1 aliphatic carbocycles. The Balaban J connectivity index is 1.52. The second-order valence-corrected chi connectivity index (χ2v) is 6.69. The Kier molecular flexibility index (Phi) is 4.11. The van der Waals surface area contributed by atoms with Crippen LogP contribution in [0.2, 0.25) is 0 Å². The van der Waals surface area contributed by atoms with Gasteiger partial charge in [0.05, 0.1) is 0 Å². The van der Waals surface area contributed by atoms with Crippen LogP contribution in [0.4, 0.5) is 0 Å². The minimum Gasteiger partial charge on any atom is -0.329 e. The molecule has 1 aromatic rings. The minimum atomic E-state index is 0.332. The summed E-state index contributed by atoms with van der Waals surface area (Å²) in [4.78, 5) is 5.23. The van der Waals surface area contributed by atoms with Crippen molar-refractivity contribution in [1.29, 1.82) is 0 Å². The number of hydrogen-bond acceptors (Lipinski definition) is 3. The molecule has 1 saturated carbocycles. The van der Waals surface area contributed by atoms with Crippen LogP contribution in [-0.2, 0) is 6.54 Å². The second kappa shape index (κ2) is 5.84.